The van der Waals surface area contributed by atoms with Crippen molar-refractivity contribution in [1.82, 2.24) is 9.80 Å². The van der Waals surface area contributed by atoms with E-state index in [-0.39, 0.29) is 5.91 Å². The van der Waals surface area contributed by atoms with E-state index in [1.165, 1.54) is 25.8 Å². The maximum Gasteiger partial charge on any atom is 0.255 e. The van der Waals surface area contributed by atoms with E-state index in [0.717, 1.165) is 36.2 Å². The molecule has 110 valence electrons. The molecule has 0 saturated carbocycles. The zero-order valence-electron chi connectivity index (χ0n) is 12.1. The van der Waals surface area contributed by atoms with Gasteiger partial charge in [0.2, 0.25) is 0 Å². The van der Waals surface area contributed by atoms with Gasteiger partial charge < -0.3 is 4.90 Å². The zero-order valence-corrected chi connectivity index (χ0v) is 13.7. The van der Waals surface area contributed by atoms with Crippen LogP contribution in [0.15, 0.2) is 28.7 Å². The molecule has 1 aromatic rings. The Morgan fingerprint density at radius 1 is 1.15 bits per heavy atom. The molecule has 0 aliphatic carbocycles. The molecule has 3 nitrogen and oxygen atoms in total. The van der Waals surface area contributed by atoms with E-state index in [4.69, 9.17) is 0 Å². The Labute approximate surface area is 130 Å². The van der Waals surface area contributed by atoms with Gasteiger partial charge in [0.05, 0.1) is 5.56 Å². The standard InChI is InChI=1S/C16H23BrN2O/c1-2-3-6-9-18-10-12-19(13-11-18)16(20)14-7-4-5-8-15(14)17/h4-5,7-8H,2-3,6,9-13H2,1H3. The van der Waals surface area contributed by atoms with Gasteiger partial charge in [0.25, 0.3) is 5.91 Å². The Balaban J connectivity index is 1.85. The van der Waals surface area contributed by atoms with Gasteiger partial charge in [-0.2, -0.15) is 0 Å². The molecule has 0 bridgehead atoms. The van der Waals surface area contributed by atoms with Crippen LogP contribution in [0.3, 0.4) is 0 Å². The average molecular weight is 339 g/mol. The first-order valence-corrected chi connectivity index (χ1v) is 8.28. The van der Waals surface area contributed by atoms with Crippen LogP contribution in [0, 0.1) is 0 Å². The lowest BCUT2D eigenvalue weighted by Crippen LogP contribution is -2.48. The number of halogens is 1. The number of carbonyl (C=O) groups excluding carboxylic acids is 1. The Morgan fingerprint density at radius 2 is 1.85 bits per heavy atom. The second kappa shape index (κ2) is 7.79. The molecule has 1 saturated heterocycles. The molecule has 1 amide bonds. The fourth-order valence-electron chi connectivity index (χ4n) is 2.56. The van der Waals surface area contributed by atoms with Crippen molar-refractivity contribution >= 4 is 21.8 Å². The summed E-state index contributed by atoms with van der Waals surface area (Å²) < 4.78 is 0.885. The van der Waals surface area contributed by atoms with Crippen molar-refractivity contribution < 1.29 is 4.79 Å². The zero-order chi connectivity index (χ0) is 14.4. The lowest BCUT2D eigenvalue weighted by Gasteiger charge is -2.35. The van der Waals surface area contributed by atoms with Crippen LogP contribution in [-0.4, -0.2) is 48.4 Å². The van der Waals surface area contributed by atoms with Gasteiger partial charge in [-0.1, -0.05) is 31.9 Å². The van der Waals surface area contributed by atoms with Gasteiger partial charge in [0.15, 0.2) is 0 Å². The Morgan fingerprint density at radius 3 is 2.50 bits per heavy atom. The summed E-state index contributed by atoms with van der Waals surface area (Å²) >= 11 is 3.46. The summed E-state index contributed by atoms with van der Waals surface area (Å²) in [6, 6.07) is 7.67. The van der Waals surface area contributed by atoms with Gasteiger partial charge in [-0.05, 0) is 41.0 Å². The van der Waals surface area contributed by atoms with E-state index in [1.807, 2.05) is 29.2 Å². The van der Waals surface area contributed by atoms with E-state index < -0.39 is 0 Å². The average Bonchev–Trinajstić information content (AvgIpc) is 2.48. The number of hydrogen-bond donors (Lipinski definition) is 0. The van der Waals surface area contributed by atoms with Crippen LogP contribution < -0.4 is 0 Å². The topological polar surface area (TPSA) is 23.6 Å². The molecule has 1 aromatic carbocycles. The SMILES string of the molecule is CCCCCN1CCN(C(=O)c2ccccc2Br)CC1. The first-order chi connectivity index (χ1) is 9.72. The van der Waals surface area contributed by atoms with Gasteiger partial charge >= 0.3 is 0 Å². The largest absolute Gasteiger partial charge is 0.336 e. The molecule has 1 heterocycles. The molecule has 2 rings (SSSR count). The molecule has 0 unspecified atom stereocenters. The molecule has 0 spiro atoms. The van der Waals surface area contributed by atoms with Gasteiger partial charge in [0, 0.05) is 30.7 Å². The van der Waals surface area contributed by atoms with Crippen molar-refractivity contribution in [2.24, 2.45) is 0 Å². The lowest BCUT2D eigenvalue weighted by molar-refractivity contribution is 0.0634. The summed E-state index contributed by atoms with van der Waals surface area (Å²) in [5.74, 6) is 0.144. The third kappa shape index (κ3) is 4.06. The second-order valence-electron chi connectivity index (χ2n) is 5.32. The molecule has 1 fully saturated rings. The minimum absolute atomic E-state index is 0.144. The maximum atomic E-state index is 12.5. The first-order valence-electron chi connectivity index (χ1n) is 7.48. The van der Waals surface area contributed by atoms with Crippen molar-refractivity contribution in [2.75, 3.05) is 32.7 Å². The molecular weight excluding hydrogens is 316 g/mol. The number of unbranched alkanes of at least 4 members (excludes halogenated alkanes) is 2. The van der Waals surface area contributed by atoms with Gasteiger partial charge in [-0.25, -0.2) is 0 Å². The number of piperazine rings is 1. The van der Waals surface area contributed by atoms with Crippen LogP contribution in [0.4, 0.5) is 0 Å². The van der Waals surface area contributed by atoms with Crippen molar-refractivity contribution in [2.45, 2.75) is 26.2 Å². The summed E-state index contributed by atoms with van der Waals surface area (Å²) in [5, 5.41) is 0. The Kier molecular flexibility index (Phi) is 6.05. The molecule has 0 N–H and O–H groups in total. The molecule has 1 aliphatic rings. The number of nitrogens with zero attached hydrogens (tertiary/aromatic N) is 2. The van der Waals surface area contributed by atoms with Crippen LogP contribution in [-0.2, 0) is 0 Å². The van der Waals surface area contributed by atoms with E-state index in [1.54, 1.807) is 0 Å². The molecule has 20 heavy (non-hydrogen) atoms. The fourth-order valence-corrected chi connectivity index (χ4v) is 3.02. The van der Waals surface area contributed by atoms with E-state index >= 15 is 0 Å². The quantitative estimate of drug-likeness (QED) is 0.768. The predicted molar refractivity (Wildman–Crippen MR) is 86.0 cm³/mol. The molecule has 0 atom stereocenters. The van der Waals surface area contributed by atoms with Crippen LogP contribution in [0.2, 0.25) is 0 Å². The number of carbonyl (C=O) groups is 1. The van der Waals surface area contributed by atoms with Gasteiger partial charge in [0.1, 0.15) is 0 Å². The summed E-state index contributed by atoms with van der Waals surface area (Å²) in [6.07, 6.45) is 3.84. The van der Waals surface area contributed by atoms with Crippen molar-refractivity contribution in [3.05, 3.63) is 34.3 Å². The molecular formula is C16H23BrN2O. The first kappa shape index (κ1) is 15.5. The number of amides is 1. The van der Waals surface area contributed by atoms with Crippen LogP contribution >= 0.6 is 15.9 Å². The Hall–Kier alpha value is -0.870. The van der Waals surface area contributed by atoms with Crippen molar-refractivity contribution in [3.63, 3.8) is 0 Å². The second-order valence-corrected chi connectivity index (χ2v) is 6.18. The van der Waals surface area contributed by atoms with Crippen molar-refractivity contribution in [1.29, 1.82) is 0 Å². The number of benzene rings is 1. The highest BCUT2D eigenvalue weighted by molar-refractivity contribution is 9.10. The molecule has 1 aliphatic heterocycles. The van der Waals surface area contributed by atoms with Crippen molar-refractivity contribution in [3.8, 4) is 0 Å². The smallest absolute Gasteiger partial charge is 0.255 e. The number of rotatable bonds is 5. The normalized spacial score (nSPS) is 16.4. The predicted octanol–water partition coefficient (Wildman–Crippen LogP) is 3.40. The Bertz CT molecular complexity index is 442. The highest BCUT2D eigenvalue weighted by atomic mass is 79.9. The van der Waals surface area contributed by atoms with Gasteiger partial charge in [-0.15, -0.1) is 0 Å². The van der Waals surface area contributed by atoms with E-state index in [0.29, 0.717) is 0 Å². The summed E-state index contributed by atoms with van der Waals surface area (Å²) in [4.78, 5) is 16.9. The third-order valence-electron chi connectivity index (χ3n) is 3.84. The monoisotopic (exact) mass is 338 g/mol. The van der Waals surface area contributed by atoms with Gasteiger partial charge in [-0.3, -0.25) is 9.69 Å². The fraction of sp³-hybridized carbons (Fsp3) is 0.562. The molecule has 4 heteroatoms. The van der Waals surface area contributed by atoms with E-state index in [9.17, 15) is 4.79 Å². The summed E-state index contributed by atoms with van der Waals surface area (Å²) in [7, 11) is 0. The van der Waals surface area contributed by atoms with Crippen LogP contribution in [0.5, 0.6) is 0 Å². The van der Waals surface area contributed by atoms with E-state index in [2.05, 4.69) is 27.8 Å². The molecule has 0 radical (unpaired) electrons. The minimum Gasteiger partial charge on any atom is -0.336 e. The van der Waals surface area contributed by atoms with Crippen LogP contribution in [0.1, 0.15) is 36.5 Å². The highest BCUT2D eigenvalue weighted by Gasteiger charge is 2.22. The summed E-state index contributed by atoms with van der Waals surface area (Å²) in [5.41, 5.74) is 0.770. The summed E-state index contributed by atoms with van der Waals surface area (Å²) in [6.45, 7) is 7.08. The minimum atomic E-state index is 0.144. The highest BCUT2D eigenvalue weighted by Crippen LogP contribution is 2.18. The number of hydrogen-bond acceptors (Lipinski definition) is 2. The lowest BCUT2D eigenvalue weighted by atomic mass is 10.1. The molecule has 0 aromatic heterocycles. The maximum absolute atomic E-state index is 12.5. The third-order valence-corrected chi connectivity index (χ3v) is 4.53. The van der Waals surface area contributed by atoms with Crippen LogP contribution in [0.25, 0.3) is 0 Å².